The number of piperidine rings is 1. The Morgan fingerprint density at radius 3 is 2.65 bits per heavy atom. The van der Waals surface area contributed by atoms with Crippen molar-refractivity contribution in [1.82, 2.24) is 14.5 Å². The second kappa shape index (κ2) is 8.41. The molecule has 0 aliphatic carbocycles. The second-order valence-corrected chi connectivity index (χ2v) is 8.14. The highest BCUT2D eigenvalue weighted by molar-refractivity contribution is 5.97. The zero-order valence-corrected chi connectivity index (χ0v) is 17.4. The molecular weight excluding hydrogens is 392 g/mol. The first kappa shape index (κ1) is 19.6. The molecule has 0 radical (unpaired) electrons. The molecule has 1 saturated heterocycles. The summed E-state index contributed by atoms with van der Waals surface area (Å²) in [7, 11) is 0. The van der Waals surface area contributed by atoms with E-state index < -0.39 is 6.10 Å². The van der Waals surface area contributed by atoms with Gasteiger partial charge in [0.05, 0.1) is 29.6 Å². The summed E-state index contributed by atoms with van der Waals surface area (Å²) in [6, 6.07) is 15.3. The number of amides is 2. The number of carbonyl (C=O) groups excluding carboxylic acids is 2. The minimum atomic E-state index is -0.661. The predicted octanol–water partition coefficient (Wildman–Crippen LogP) is 3.23. The van der Waals surface area contributed by atoms with Gasteiger partial charge in [-0.3, -0.25) is 9.59 Å². The highest BCUT2D eigenvalue weighted by Crippen LogP contribution is 2.34. The summed E-state index contributed by atoms with van der Waals surface area (Å²) >= 11 is 0. The number of carbonyl (C=O) groups is 2. The van der Waals surface area contributed by atoms with E-state index in [-0.39, 0.29) is 18.4 Å². The van der Waals surface area contributed by atoms with Crippen LogP contribution in [-0.2, 0) is 16.1 Å². The number of ether oxygens (including phenoxy) is 1. The molecule has 3 heterocycles. The summed E-state index contributed by atoms with van der Waals surface area (Å²) in [6.07, 6.45) is 4.64. The number of nitrogens with zero attached hydrogens (tertiary/aromatic N) is 4. The number of imidazole rings is 1. The Kier molecular flexibility index (Phi) is 5.32. The van der Waals surface area contributed by atoms with E-state index >= 15 is 0 Å². The maximum absolute atomic E-state index is 13.2. The van der Waals surface area contributed by atoms with E-state index in [9.17, 15) is 9.59 Å². The average Bonchev–Trinajstić information content (AvgIpc) is 3.25. The maximum Gasteiger partial charge on any atom is 0.265 e. The zero-order chi connectivity index (χ0) is 21.2. The van der Waals surface area contributed by atoms with Gasteiger partial charge in [0.25, 0.3) is 5.91 Å². The molecule has 7 heteroatoms. The number of para-hydroxylation sites is 4. The van der Waals surface area contributed by atoms with Crippen molar-refractivity contribution in [2.24, 2.45) is 0 Å². The van der Waals surface area contributed by atoms with Gasteiger partial charge in [-0.05, 0) is 43.5 Å². The van der Waals surface area contributed by atoms with Crippen LogP contribution in [0.25, 0.3) is 11.0 Å². The molecule has 2 aliphatic heterocycles. The van der Waals surface area contributed by atoms with Gasteiger partial charge in [0, 0.05) is 26.1 Å². The van der Waals surface area contributed by atoms with E-state index in [1.807, 2.05) is 58.0 Å². The van der Waals surface area contributed by atoms with Gasteiger partial charge in [0.1, 0.15) is 5.75 Å². The van der Waals surface area contributed by atoms with Crippen molar-refractivity contribution in [2.75, 3.05) is 24.5 Å². The fourth-order valence-corrected chi connectivity index (χ4v) is 4.46. The Labute approximate surface area is 181 Å². The summed E-state index contributed by atoms with van der Waals surface area (Å²) in [4.78, 5) is 34.3. The summed E-state index contributed by atoms with van der Waals surface area (Å²) in [5.74, 6) is 0.545. The molecule has 1 fully saturated rings. The van der Waals surface area contributed by atoms with Crippen LogP contribution >= 0.6 is 0 Å². The Morgan fingerprint density at radius 2 is 1.77 bits per heavy atom. The normalized spacial score (nSPS) is 18.5. The SMILES string of the molecule is O=C([C@@H]1CN(C(=O)CCn2cnc3ccccc32)c2ccccc2O1)N1CCCCC1. The van der Waals surface area contributed by atoms with Crippen molar-refractivity contribution in [2.45, 2.75) is 38.3 Å². The van der Waals surface area contributed by atoms with Crippen LogP contribution in [0.4, 0.5) is 5.69 Å². The minimum Gasteiger partial charge on any atom is -0.476 e. The smallest absolute Gasteiger partial charge is 0.265 e. The largest absolute Gasteiger partial charge is 0.476 e. The van der Waals surface area contributed by atoms with Crippen molar-refractivity contribution < 1.29 is 14.3 Å². The third kappa shape index (κ3) is 3.87. The third-order valence-electron chi connectivity index (χ3n) is 6.11. The van der Waals surface area contributed by atoms with Gasteiger partial charge >= 0.3 is 0 Å². The lowest BCUT2D eigenvalue weighted by molar-refractivity contribution is -0.139. The molecule has 1 atom stereocenters. The van der Waals surface area contributed by atoms with E-state index in [2.05, 4.69) is 4.98 Å². The number of likely N-dealkylation sites (tertiary alicyclic amines) is 1. The number of rotatable bonds is 4. The molecule has 2 aliphatic rings. The maximum atomic E-state index is 13.2. The lowest BCUT2D eigenvalue weighted by Crippen LogP contribution is -2.52. The Balaban J connectivity index is 1.33. The van der Waals surface area contributed by atoms with Gasteiger partial charge in [0.15, 0.2) is 6.10 Å². The van der Waals surface area contributed by atoms with Crippen LogP contribution in [0.2, 0.25) is 0 Å². The van der Waals surface area contributed by atoms with Crippen LogP contribution in [0.15, 0.2) is 54.9 Å². The molecule has 7 nitrogen and oxygen atoms in total. The molecule has 0 saturated carbocycles. The number of benzene rings is 2. The Hall–Kier alpha value is -3.35. The number of aryl methyl sites for hydroxylation is 1. The fraction of sp³-hybridized carbons (Fsp3) is 0.375. The van der Waals surface area contributed by atoms with Crippen LogP contribution in [-0.4, -0.2) is 52.0 Å². The molecule has 0 bridgehead atoms. The van der Waals surface area contributed by atoms with Gasteiger partial charge in [-0.1, -0.05) is 24.3 Å². The van der Waals surface area contributed by atoms with E-state index in [1.54, 1.807) is 11.2 Å². The zero-order valence-electron chi connectivity index (χ0n) is 17.4. The predicted molar refractivity (Wildman–Crippen MR) is 118 cm³/mol. The van der Waals surface area contributed by atoms with Crippen LogP contribution in [0.1, 0.15) is 25.7 Å². The quantitative estimate of drug-likeness (QED) is 0.652. The first-order chi connectivity index (χ1) is 15.2. The molecule has 5 rings (SSSR count). The molecular formula is C24H26N4O3. The highest BCUT2D eigenvalue weighted by atomic mass is 16.5. The first-order valence-corrected chi connectivity index (χ1v) is 11.0. The average molecular weight is 418 g/mol. The van der Waals surface area contributed by atoms with E-state index in [0.717, 1.165) is 49.1 Å². The van der Waals surface area contributed by atoms with Crippen molar-refractivity contribution in [3.05, 3.63) is 54.9 Å². The van der Waals surface area contributed by atoms with Crippen molar-refractivity contribution in [1.29, 1.82) is 0 Å². The fourth-order valence-electron chi connectivity index (χ4n) is 4.46. The summed E-state index contributed by atoms with van der Waals surface area (Å²) < 4.78 is 8.03. The van der Waals surface area contributed by atoms with Crippen molar-refractivity contribution in [3.8, 4) is 5.75 Å². The number of hydrogen-bond acceptors (Lipinski definition) is 4. The second-order valence-electron chi connectivity index (χ2n) is 8.14. The molecule has 160 valence electrons. The molecule has 2 aromatic carbocycles. The number of fused-ring (bicyclic) bond motifs is 2. The van der Waals surface area contributed by atoms with Gasteiger partial charge < -0.3 is 19.1 Å². The summed E-state index contributed by atoms with van der Waals surface area (Å²) in [6.45, 7) is 2.31. The molecule has 0 spiro atoms. The van der Waals surface area contributed by atoms with Gasteiger partial charge in [0.2, 0.25) is 5.91 Å². The van der Waals surface area contributed by atoms with Gasteiger partial charge in [-0.25, -0.2) is 4.98 Å². The van der Waals surface area contributed by atoms with E-state index in [0.29, 0.717) is 18.7 Å². The standard InChI is InChI=1S/C24H26N4O3/c29-23(12-15-27-17-25-18-8-2-3-9-19(18)27)28-16-22(24(30)26-13-6-1-7-14-26)31-21-11-5-4-10-20(21)28/h2-5,8-11,17,22H,1,6-7,12-16H2/t22-/m0/s1. The molecule has 0 N–H and O–H groups in total. The van der Waals surface area contributed by atoms with Gasteiger partial charge in [-0.15, -0.1) is 0 Å². The molecule has 3 aromatic rings. The van der Waals surface area contributed by atoms with Crippen molar-refractivity contribution >= 4 is 28.5 Å². The number of aromatic nitrogens is 2. The molecule has 31 heavy (non-hydrogen) atoms. The van der Waals surface area contributed by atoms with Crippen molar-refractivity contribution in [3.63, 3.8) is 0 Å². The highest BCUT2D eigenvalue weighted by Gasteiger charge is 2.36. The van der Waals surface area contributed by atoms with Crippen LogP contribution in [0.3, 0.4) is 0 Å². The van der Waals surface area contributed by atoms with Crippen LogP contribution in [0.5, 0.6) is 5.75 Å². The molecule has 0 unspecified atom stereocenters. The number of hydrogen-bond donors (Lipinski definition) is 0. The molecule has 2 amide bonds. The number of anilines is 1. The third-order valence-corrected chi connectivity index (χ3v) is 6.11. The summed E-state index contributed by atoms with van der Waals surface area (Å²) in [5.41, 5.74) is 2.65. The topological polar surface area (TPSA) is 67.7 Å². The Bertz CT molecular complexity index is 1100. The van der Waals surface area contributed by atoms with Crippen LogP contribution < -0.4 is 9.64 Å². The van der Waals surface area contributed by atoms with E-state index in [1.165, 1.54) is 0 Å². The minimum absolute atomic E-state index is 0.0207. The monoisotopic (exact) mass is 418 g/mol. The summed E-state index contributed by atoms with van der Waals surface area (Å²) in [5, 5.41) is 0. The van der Waals surface area contributed by atoms with Gasteiger partial charge in [-0.2, -0.15) is 0 Å². The first-order valence-electron chi connectivity index (χ1n) is 11.0. The lowest BCUT2D eigenvalue weighted by Gasteiger charge is -2.37. The lowest BCUT2D eigenvalue weighted by atomic mass is 10.1. The molecule has 1 aromatic heterocycles. The van der Waals surface area contributed by atoms with E-state index in [4.69, 9.17) is 4.74 Å². The Morgan fingerprint density at radius 1 is 1.00 bits per heavy atom. The van der Waals surface area contributed by atoms with Crippen LogP contribution in [0, 0.1) is 0 Å².